The molecule has 6 heteroatoms. The number of carbonyl (C=O) groups is 1. The van der Waals surface area contributed by atoms with E-state index in [2.05, 4.69) is 10.6 Å². The van der Waals surface area contributed by atoms with Crippen LogP contribution in [0, 0.1) is 11.6 Å². The van der Waals surface area contributed by atoms with Crippen molar-refractivity contribution in [1.29, 1.82) is 0 Å². The first kappa shape index (κ1) is 16.0. The molecule has 1 unspecified atom stereocenters. The normalized spacial score (nSPS) is 18.9. The first-order valence-corrected chi connectivity index (χ1v) is 8.03. The highest BCUT2D eigenvalue weighted by molar-refractivity contribution is 7.99. The van der Waals surface area contributed by atoms with Crippen molar-refractivity contribution in [3.63, 3.8) is 0 Å². The summed E-state index contributed by atoms with van der Waals surface area (Å²) in [7, 11) is 0. The summed E-state index contributed by atoms with van der Waals surface area (Å²) >= 11 is 1.90. The molecule has 21 heavy (non-hydrogen) atoms. The van der Waals surface area contributed by atoms with E-state index in [1.165, 1.54) is 6.07 Å². The maximum absolute atomic E-state index is 13.4. The number of benzene rings is 1. The number of hydrogen-bond donors (Lipinski definition) is 2. The minimum Gasteiger partial charge on any atom is -0.352 e. The second-order valence-electron chi connectivity index (χ2n) is 4.77. The molecule has 1 atom stereocenters. The second kappa shape index (κ2) is 8.14. The third kappa shape index (κ3) is 5.13. The van der Waals surface area contributed by atoms with Crippen LogP contribution in [-0.4, -0.2) is 36.5 Å². The molecule has 0 bridgehead atoms. The number of amides is 1. The van der Waals surface area contributed by atoms with Gasteiger partial charge in [0.1, 0.15) is 11.6 Å². The summed E-state index contributed by atoms with van der Waals surface area (Å²) < 4.78 is 26.7. The van der Waals surface area contributed by atoms with Crippen LogP contribution in [-0.2, 0) is 4.79 Å². The van der Waals surface area contributed by atoms with E-state index < -0.39 is 11.6 Å². The van der Waals surface area contributed by atoms with Crippen molar-refractivity contribution in [3.8, 4) is 0 Å². The van der Waals surface area contributed by atoms with E-state index in [-0.39, 0.29) is 11.5 Å². The highest BCUT2D eigenvalue weighted by Gasteiger charge is 2.12. The largest absolute Gasteiger partial charge is 0.352 e. The van der Waals surface area contributed by atoms with Crippen molar-refractivity contribution in [1.82, 2.24) is 10.6 Å². The van der Waals surface area contributed by atoms with Gasteiger partial charge in [0, 0.05) is 42.3 Å². The predicted octanol–water partition coefficient (Wildman–Crippen LogP) is 2.19. The van der Waals surface area contributed by atoms with Gasteiger partial charge in [-0.25, -0.2) is 8.78 Å². The van der Waals surface area contributed by atoms with Crippen molar-refractivity contribution in [2.75, 3.05) is 24.6 Å². The van der Waals surface area contributed by atoms with Gasteiger partial charge >= 0.3 is 0 Å². The van der Waals surface area contributed by atoms with Crippen LogP contribution in [0.25, 0.3) is 6.08 Å². The molecule has 0 radical (unpaired) electrons. The number of hydrogen-bond acceptors (Lipinski definition) is 3. The van der Waals surface area contributed by atoms with Crippen LogP contribution in [0.1, 0.15) is 12.0 Å². The zero-order valence-electron chi connectivity index (χ0n) is 11.6. The Morgan fingerprint density at radius 2 is 2.19 bits per heavy atom. The quantitative estimate of drug-likeness (QED) is 0.819. The Bertz CT molecular complexity index is 496. The molecule has 1 aliphatic rings. The molecule has 3 nitrogen and oxygen atoms in total. The summed E-state index contributed by atoms with van der Waals surface area (Å²) in [5.41, 5.74) is -0.196. The lowest BCUT2D eigenvalue weighted by atomic mass is 10.2. The summed E-state index contributed by atoms with van der Waals surface area (Å²) in [6.45, 7) is 1.54. The molecule has 1 aromatic carbocycles. The van der Waals surface area contributed by atoms with Gasteiger partial charge in [-0.3, -0.25) is 4.79 Å². The topological polar surface area (TPSA) is 41.1 Å². The SMILES string of the molecule is O=C(/C=C/c1c(F)cccc1F)NCCC1CSCCN1. The summed E-state index contributed by atoms with van der Waals surface area (Å²) in [6.07, 6.45) is 3.17. The fourth-order valence-corrected chi connectivity index (χ4v) is 3.06. The fraction of sp³-hybridized carbons (Fsp3) is 0.400. The molecule has 1 saturated heterocycles. The van der Waals surface area contributed by atoms with Gasteiger partial charge in [0.05, 0.1) is 0 Å². The molecule has 0 aromatic heterocycles. The van der Waals surface area contributed by atoms with E-state index in [1.54, 1.807) is 0 Å². The van der Waals surface area contributed by atoms with E-state index >= 15 is 0 Å². The monoisotopic (exact) mass is 312 g/mol. The molecule has 2 rings (SSSR count). The first-order chi connectivity index (χ1) is 10.2. The fourth-order valence-electron chi connectivity index (χ4n) is 2.06. The number of halogens is 2. The van der Waals surface area contributed by atoms with Crippen LogP contribution in [0.5, 0.6) is 0 Å². The molecule has 1 heterocycles. The van der Waals surface area contributed by atoms with Crippen LogP contribution in [0.2, 0.25) is 0 Å². The van der Waals surface area contributed by atoms with Crippen molar-refractivity contribution in [2.24, 2.45) is 0 Å². The summed E-state index contributed by atoms with van der Waals surface area (Å²) in [4.78, 5) is 11.6. The van der Waals surface area contributed by atoms with Crippen molar-refractivity contribution < 1.29 is 13.6 Å². The lowest BCUT2D eigenvalue weighted by molar-refractivity contribution is -0.116. The minimum absolute atomic E-state index is 0.196. The zero-order valence-corrected chi connectivity index (χ0v) is 12.4. The zero-order chi connectivity index (χ0) is 15.1. The lowest BCUT2D eigenvalue weighted by Crippen LogP contribution is -2.39. The number of rotatable bonds is 5. The summed E-state index contributed by atoms with van der Waals surface area (Å²) in [5.74, 6) is 0.470. The highest BCUT2D eigenvalue weighted by Crippen LogP contribution is 2.13. The summed E-state index contributed by atoms with van der Waals surface area (Å²) in [5, 5.41) is 6.10. The van der Waals surface area contributed by atoms with Gasteiger partial charge < -0.3 is 10.6 Å². The van der Waals surface area contributed by atoms with Gasteiger partial charge in [-0.15, -0.1) is 0 Å². The van der Waals surface area contributed by atoms with Gasteiger partial charge in [-0.1, -0.05) is 6.07 Å². The third-order valence-electron chi connectivity index (χ3n) is 3.19. The Balaban J connectivity index is 1.77. The predicted molar refractivity (Wildman–Crippen MR) is 82.1 cm³/mol. The van der Waals surface area contributed by atoms with E-state index in [0.717, 1.165) is 48.8 Å². The average Bonchev–Trinajstić information content (AvgIpc) is 2.48. The second-order valence-corrected chi connectivity index (χ2v) is 5.92. The Kier molecular flexibility index (Phi) is 6.20. The first-order valence-electron chi connectivity index (χ1n) is 6.88. The van der Waals surface area contributed by atoms with E-state index in [1.807, 2.05) is 11.8 Å². The molecule has 1 aliphatic heterocycles. The molecule has 1 amide bonds. The van der Waals surface area contributed by atoms with Gasteiger partial charge in [0.15, 0.2) is 0 Å². The Morgan fingerprint density at radius 1 is 1.43 bits per heavy atom. The van der Waals surface area contributed by atoms with Crippen molar-refractivity contribution in [3.05, 3.63) is 41.5 Å². The lowest BCUT2D eigenvalue weighted by Gasteiger charge is -2.22. The maximum atomic E-state index is 13.4. The van der Waals surface area contributed by atoms with Crippen LogP contribution >= 0.6 is 11.8 Å². The van der Waals surface area contributed by atoms with Gasteiger partial charge in [-0.2, -0.15) is 11.8 Å². The number of carbonyl (C=O) groups excluding carboxylic acids is 1. The molecule has 2 N–H and O–H groups in total. The van der Waals surface area contributed by atoms with E-state index in [9.17, 15) is 13.6 Å². The Morgan fingerprint density at radius 3 is 2.86 bits per heavy atom. The molecule has 1 aromatic rings. The molecule has 0 saturated carbocycles. The van der Waals surface area contributed by atoms with E-state index in [4.69, 9.17) is 0 Å². The standard InChI is InChI=1S/C15H18F2N2OS/c16-13-2-1-3-14(17)12(13)4-5-15(20)19-7-6-11-10-21-9-8-18-11/h1-5,11,18H,6-10H2,(H,19,20)/b5-4+. The van der Waals surface area contributed by atoms with Crippen molar-refractivity contribution in [2.45, 2.75) is 12.5 Å². The van der Waals surface area contributed by atoms with Crippen LogP contribution in [0.4, 0.5) is 8.78 Å². The molecular formula is C15H18F2N2OS. The Labute approximate surface area is 127 Å². The summed E-state index contributed by atoms with van der Waals surface area (Å²) in [6, 6.07) is 4.02. The number of thioether (sulfide) groups is 1. The maximum Gasteiger partial charge on any atom is 0.244 e. The smallest absolute Gasteiger partial charge is 0.244 e. The van der Waals surface area contributed by atoms with Crippen LogP contribution in [0.3, 0.4) is 0 Å². The van der Waals surface area contributed by atoms with E-state index in [0.29, 0.717) is 12.6 Å². The Hall–Kier alpha value is -1.40. The van der Waals surface area contributed by atoms with Crippen molar-refractivity contribution >= 4 is 23.7 Å². The molecule has 114 valence electrons. The van der Waals surface area contributed by atoms with Gasteiger partial charge in [0.25, 0.3) is 0 Å². The molecule has 1 fully saturated rings. The molecule has 0 aliphatic carbocycles. The molecular weight excluding hydrogens is 294 g/mol. The molecule has 0 spiro atoms. The highest BCUT2D eigenvalue weighted by atomic mass is 32.2. The average molecular weight is 312 g/mol. The van der Waals surface area contributed by atoms with Crippen LogP contribution in [0.15, 0.2) is 24.3 Å². The van der Waals surface area contributed by atoms with Gasteiger partial charge in [0.2, 0.25) is 5.91 Å². The minimum atomic E-state index is -0.678. The third-order valence-corrected chi connectivity index (χ3v) is 4.32. The van der Waals surface area contributed by atoms with Crippen LogP contribution < -0.4 is 10.6 Å². The van der Waals surface area contributed by atoms with Gasteiger partial charge in [-0.05, 0) is 24.6 Å². The number of nitrogens with one attached hydrogen (secondary N) is 2.